The molecule has 0 bridgehead atoms. The van der Waals surface area contributed by atoms with Crippen LogP contribution in [0.1, 0.15) is 16.7 Å². The highest BCUT2D eigenvalue weighted by atomic mass is 32.2. The highest BCUT2D eigenvalue weighted by Gasteiger charge is 2.33. The SMILES string of the molecule is Cc1ccc(CN(c2ccccc2)S(=O)(=O)c2cccc(C(F)(F)F)c2)cc1. The van der Waals surface area contributed by atoms with Crippen LogP contribution in [0.25, 0.3) is 0 Å². The van der Waals surface area contributed by atoms with E-state index in [1.54, 1.807) is 42.5 Å². The van der Waals surface area contributed by atoms with Gasteiger partial charge in [-0.1, -0.05) is 54.1 Å². The molecule has 0 amide bonds. The molecule has 0 aliphatic rings. The molecule has 28 heavy (non-hydrogen) atoms. The highest BCUT2D eigenvalue weighted by molar-refractivity contribution is 7.92. The molecule has 0 fully saturated rings. The van der Waals surface area contributed by atoms with Crippen molar-refractivity contribution in [2.75, 3.05) is 4.31 Å². The summed E-state index contributed by atoms with van der Waals surface area (Å²) in [6.07, 6.45) is -4.62. The van der Waals surface area contributed by atoms with Crippen LogP contribution in [0.4, 0.5) is 18.9 Å². The minimum Gasteiger partial charge on any atom is -0.262 e. The number of halogens is 3. The molecule has 0 saturated heterocycles. The van der Waals surface area contributed by atoms with E-state index < -0.39 is 26.7 Å². The third-order valence-electron chi connectivity index (χ3n) is 4.24. The van der Waals surface area contributed by atoms with Crippen molar-refractivity contribution in [2.24, 2.45) is 0 Å². The number of rotatable bonds is 5. The molecule has 0 heterocycles. The van der Waals surface area contributed by atoms with Crippen LogP contribution in [0.2, 0.25) is 0 Å². The number of hydrogen-bond acceptors (Lipinski definition) is 2. The maximum Gasteiger partial charge on any atom is 0.416 e. The fourth-order valence-electron chi connectivity index (χ4n) is 2.73. The third kappa shape index (κ3) is 4.36. The molecular weight excluding hydrogens is 387 g/mol. The highest BCUT2D eigenvalue weighted by Crippen LogP contribution is 2.32. The number of aryl methyl sites for hydroxylation is 1. The second kappa shape index (κ2) is 7.67. The largest absolute Gasteiger partial charge is 0.416 e. The van der Waals surface area contributed by atoms with Crippen molar-refractivity contribution in [1.29, 1.82) is 0 Å². The first-order chi connectivity index (χ1) is 13.2. The van der Waals surface area contributed by atoms with Crippen molar-refractivity contribution in [1.82, 2.24) is 0 Å². The molecule has 0 unspecified atom stereocenters. The van der Waals surface area contributed by atoms with Crippen LogP contribution < -0.4 is 4.31 Å². The maximum atomic E-state index is 13.2. The molecule has 0 N–H and O–H groups in total. The Bertz CT molecular complexity index is 1050. The summed E-state index contributed by atoms with van der Waals surface area (Å²) in [5.74, 6) is 0. The molecule has 3 nitrogen and oxygen atoms in total. The Labute approximate surface area is 162 Å². The Hall–Kier alpha value is -2.80. The summed E-state index contributed by atoms with van der Waals surface area (Å²) < 4.78 is 66.8. The van der Waals surface area contributed by atoms with E-state index in [0.717, 1.165) is 27.6 Å². The van der Waals surface area contributed by atoms with Crippen molar-refractivity contribution in [2.45, 2.75) is 24.5 Å². The van der Waals surface area contributed by atoms with Gasteiger partial charge in [-0.3, -0.25) is 4.31 Å². The number of alkyl halides is 3. The average molecular weight is 405 g/mol. The van der Waals surface area contributed by atoms with Gasteiger partial charge in [0.1, 0.15) is 0 Å². The smallest absolute Gasteiger partial charge is 0.262 e. The first-order valence-corrected chi connectivity index (χ1v) is 9.92. The van der Waals surface area contributed by atoms with Crippen LogP contribution in [0, 0.1) is 6.92 Å². The van der Waals surface area contributed by atoms with Gasteiger partial charge in [0.15, 0.2) is 0 Å². The van der Waals surface area contributed by atoms with E-state index in [4.69, 9.17) is 0 Å². The Kier molecular flexibility index (Phi) is 5.47. The summed E-state index contributed by atoms with van der Waals surface area (Å²) in [5.41, 5.74) is 1.12. The van der Waals surface area contributed by atoms with E-state index in [2.05, 4.69) is 0 Å². The molecule has 7 heteroatoms. The van der Waals surface area contributed by atoms with Gasteiger partial charge in [0, 0.05) is 0 Å². The lowest BCUT2D eigenvalue weighted by Gasteiger charge is -2.25. The molecular formula is C21H18F3NO2S. The van der Waals surface area contributed by atoms with Crippen LogP contribution in [0.3, 0.4) is 0 Å². The Morgan fingerprint density at radius 1 is 0.857 bits per heavy atom. The summed E-state index contributed by atoms with van der Waals surface area (Å²) in [6, 6.07) is 19.4. The van der Waals surface area contributed by atoms with Crippen LogP contribution in [0.5, 0.6) is 0 Å². The van der Waals surface area contributed by atoms with E-state index in [9.17, 15) is 21.6 Å². The van der Waals surface area contributed by atoms with Gasteiger partial charge in [-0.2, -0.15) is 13.2 Å². The monoisotopic (exact) mass is 405 g/mol. The van der Waals surface area contributed by atoms with Gasteiger partial charge in [0.2, 0.25) is 0 Å². The predicted octanol–water partition coefficient (Wildman–Crippen LogP) is 5.41. The second-order valence-electron chi connectivity index (χ2n) is 6.36. The first kappa shape index (κ1) is 19.9. The summed E-state index contributed by atoms with van der Waals surface area (Å²) >= 11 is 0. The summed E-state index contributed by atoms with van der Waals surface area (Å²) in [4.78, 5) is -0.404. The van der Waals surface area contributed by atoms with Crippen molar-refractivity contribution in [3.63, 3.8) is 0 Å². The van der Waals surface area contributed by atoms with Crippen LogP contribution in [-0.2, 0) is 22.7 Å². The van der Waals surface area contributed by atoms with Gasteiger partial charge in [-0.15, -0.1) is 0 Å². The second-order valence-corrected chi connectivity index (χ2v) is 8.22. The molecule has 0 aliphatic carbocycles. The van der Waals surface area contributed by atoms with E-state index in [1.165, 1.54) is 6.07 Å². The van der Waals surface area contributed by atoms with Gasteiger partial charge in [-0.05, 0) is 42.8 Å². The molecule has 0 aliphatic heterocycles. The Balaban J connectivity index is 2.07. The van der Waals surface area contributed by atoms with Crippen LogP contribution in [0.15, 0.2) is 83.8 Å². The number of nitrogens with zero attached hydrogens (tertiary/aromatic N) is 1. The minimum atomic E-state index is -4.62. The van der Waals surface area contributed by atoms with E-state index in [-0.39, 0.29) is 6.54 Å². The van der Waals surface area contributed by atoms with Crippen LogP contribution >= 0.6 is 0 Å². The van der Waals surface area contributed by atoms with Gasteiger partial charge >= 0.3 is 6.18 Å². The summed E-state index contributed by atoms with van der Waals surface area (Å²) in [7, 11) is -4.21. The molecule has 0 aromatic heterocycles. The molecule has 3 rings (SSSR count). The fourth-order valence-corrected chi connectivity index (χ4v) is 4.23. The standard InChI is InChI=1S/C21H18F3NO2S/c1-16-10-12-17(13-11-16)15-25(19-7-3-2-4-8-19)28(26,27)20-9-5-6-18(14-20)21(22,23)24/h2-14H,15H2,1H3. The van der Waals surface area contributed by atoms with Crippen molar-refractivity contribution in [3.05, 3.63) is 95.6 Å². The molecule has 0 spiro atoms. The number of sulfonamides is 1. The lowest BCUT2D eigenvalue weighted by Crippen LogP contribution is -2.30. The molecule has 0 atom stereocenters. The fraction of sp³-hybridized carbons (Fsp3) is 0.143. The van der Waals surface area contributed by atoms with Crippen molar-refractivity contribution in [3.8, 4) is 0 Å². The first-order valence-electron chi connectivity index (χ1n) is 8.48. The van der Waals surface area contributed by atoms with Gasteiger partial charge in [0.05, 0.1) is 22.7 Å². The predicted molar refractivity (Wildman–Crippen MR) is 102 cm³/mol. The zero-order valence-corrected chi connectivity index (χ0v) is 15.8. The lowest BCUT2D eigenvalue weighted by molar-refractivity contribution is -0.137. The normalized spacial score (nSPS) is 12.0. The van der Waals surface area contributed by atoms with Gasteiger partial charge < -0.3 is 0 Å². The molecule has 146 valence electrons. The topological polar surface area (TPSA) is 37.4 Å². The number of anilines is 1. The van der Waals surface area contributed by atoms with Crippen LogP contribution in [-0.4, -0.2) is 8.42 Å². The van der Waals surface area contributed by atoms with Crippen molar-refractivity contribution >= 4 is 15.7 Å². The van der Waals surface area contributed by atoms with Gasteiger partial charge in [-0.25, -0.2) is 8.42 Å². The zero-order chi connectivity index (χ0) is 20.4. The molecule has 0 radical (unpaired) electrons. The van der Waals surface area contributed by atoms with E-state index in [0.29, 0.717) is 11.8 Å². The Morgan fingerprint density at radius 2 is 1.50 bits per heavy atom. The number of para-hydroxylation sites is 1. The molecule has 0 saturated carbocycles. The zero-order valence-electron chi connectivity index (χ0n) is 15.0. The molecule has 3 aromatic carbocycles. The Morgan fingerprint density at radius 3 is 2.11 bits per heavy atom. The van der Waals surface area contributed by atoms with E-state index >= 15 is 0 Å². The number of benzene rings is 3. The lowest BCUT2D eigenvalue weighted by atomic mass is 10.1. The van der Waals surface area contributed by atoms with E-state index in [1.807, 2.05) is 19.1 Å². The average Bonchev–Trinajstić information content (AvgIpc) is 2.67. The van der Waals surface area contributed by atoms with Crippen molar-refractivity contribution < 1.29 is 21.6 Å². The molecule has 3 aromatic rings. The third-order valence-corrected chi connectivity index (χ3v) is 6.01. The van der Waals surface area contributed by atoms with Gasteiger partial charge in [0.25, 0.3) is 10.0 Å². The maximum absolute atomic E-state index is 13.2. The number of hydrogen-bond donors (Lipinski definition) is 0. The summed E-state index contributed by atoms with van der Waals surface area (Å²) in [6.45, 7) is 1.92. The summed E-state index contributed by atoms with van der Waals surface area (Å²) in [5, 5.41) is 0. The minimum absolute atomic E-state index is 0.00285. The quantitative estimate of drug-likeness (QED) is 0.569.